The first kappa shape index (κ1) is 11.4. The molecule has 1 amide bonds. The third kappa shape index (κ3) is 2.16. The predicted molar refractivity (Wildman–Crippen MR) is 72.9 cm³/mol. The highest BCUT2D eigenvalue weighted by atomic mass is 32.1. The second-order valence-electron chi connectivity index (χ2n) is 4.43. The molecule has 1 aliphatic heterocycles. The van der Waals surface area contributed by atoms with E-state index in [9.17, 15) is 4.79 Å². The highest BCUT2D eigenvalue weighted by molar-refractivity contribution is 7.07. The van der Waals surface area contributed by atoms with Crippen molar-refractivity contribution in [2.24, 2.45) is 0 Å². The van der Waals surface area contributed by atoms with Gasteiger partial charge in [0, 0.05) is 17.6 Å². The molecular weight excluding hydrogens is 244 g/mol. The monoisotopic (exact) mass is 258 g/mol. The van der Waals surface area contributed by atoms with Gasteiger partial charge in [-0.05, 0) is 24.5 Å². The minimum absolute atomic E-state index is 0.146. The number of aromatic nitrogens is 1. The van der Waals surface area contributed by atoms with Crippen molar-refractivity contribution in [1.82, 2.24) is 4.98 Å². The summed E-state index contributed by atoms with van der Waals surface area (Å²) in [6.45, 7) is 0.819. The van der Waals surface area contributed by atoms with E-state index >= 15 is 0 Å². The average molecular weight is 258 g/mol. The fourth-order valence-corrected chi connectivity index (χ4v) is 2.93. The van der Waals surface area contributed by atoms with Gasteiger partial charge in [0.25, 0.3) is 0 Å². The zero-order valence-electron chi connectivity index (χ0n) is 10.0. The van der Waals surface area contributed by atoms with E-state index in [1.165, 1.54) is 16.9 Å². The Morgan fingerprint density at radius 1 is 1.39 bits per heavy atom. The highest BCUT2D eigenvalue weighted by Gasteiger charge is 2.22. The Bertz CT molecular complexity index is 551. The number of thiazole rings is 1. The third-order valence-electron chi connectivity index (χ3n) is 3.23. The molecule has 0 saturated carbocycles. The van der Waals surface area contributed by atoms with Crippen molar-refractivity contribution >= 4 is 22.9 Å². The van der Waals surface area contributed by atoms with Gasteiger partial charge >= 0.3 is 0 Å². The molecular formula is C14H14N2OS. The molecule has 2 heterocycles. The molecule has 2 aromatic rings. The Morgan fingerprint density at radius 2 is 2.28 bits per heavy atom. The number of hydrogen-bond acceptors (Lipinski definition) is 3. The summed E-state index contributed by atoms with van der Waals surface area (Å²) in [5.74, 6) is 0.146. The number of aryl methyl sites for hydroxylation is 1. The molecule has 0 unspecified atom stereocenters. The average Bonchev–Trinajstić information content (AvgIpc) is 2.91. The standard InChI is InChI=1S/C14H14N2OS/c17-14(8-12-9-18-10-15-12)16-7-3-5-11-4-1-2-6-13(11)16/h1-2,4,6,9-10H,3,5,7-8H2. The van der Waals surface area contributed by atoms with Crippen molar-refractivity contribution in [3.63, 3.8) is 0 Å². The van der Waals surface area contributed by atoms with Crippen LogP contribution in [0.25, 0.3) is 0 Å². The Labute approximate surface area is 110 Å². The van der Waals surface area contributed by atoms with Crippen LogP contribution in [0.1, 0.15) is 17.7 Å². The van der Waals surface area contributed by atoms with Crippen molar-refractivity contribution in [3.8, 4) is 0 Å². The first-order valence-corrected chi connectivity index (χ1v) is 7.04. The van der Waals surface area contributed by atoms with E-state index in [1.54, 1.807) is 5.51 Å². The van der Waals surface area contributed by atoms with Crippen LogP contribution in [0, 0.1) is 0 Å². The molecule has 0 radical (unpaired) electrons. The van der Waals surface area contributed by atoms with Crippen molar-refractivity contribution < 1.29 is 4.79 Å². The fraction of sp³-hybridized carbons (Fsp3) is 0.286. The summed E-state index contributed by atoms with van der Waals surface area (Å²) >= 11 is 1.53. The quantitative estimate of drug-likeness (QED) is 0.829. The lowest BCUT2D eigenvalue weighted by Crippen LogP contribution is -2.36. The van der Waals surface area contributed by atoms with Gasteiger partial charge in [-0.25, -0.2) is 4.98 Å². The molecule has 1 aromatic carbocycles. The smallest absolute Gasteiger partial charge is 0.233 e. The number of carbonyl (C=O) groups excluding carboxylic acids is 1. The van der Waals surface area contributed by atoms with E-state index in [0.29, 0.717) is 6.42 Å². The number of carbonyl (C=O) groups is 1. The molecule has 3 rings (SSSR count). The topological polar surface area (TPSA) is 33.2 Å². The van der Waals surface area contributed by atoms with Gasteiger partial charge in [0.15, 0.2) is 0 Å². The van der Waals surface area contributed by atoms with Crippen molar-refractivity contribution in [2.75, 3.05) is 11.4 Å². The molecule has 4 heteroatoms. The fourth-order valence-electron chi connectivity index (χ4n) is 2.37. The Hall–Kier alpha value is -1.68. The summed E-state index contributed by atoms with van der Waals surface area (Å²) in [5.41, 5.74) is 4.99. The largest absolute Gasteiger partial charge is 0.312 e. The van der Waals surface area contributed by atoms with Crippen LogP contribution in [0.3, 0.4) is 0 Å². The summed E-state index contributed by atoms with van der Waals surface area (Å²) in [7, 11) is 0. The summed E-state index contributed by atoms with van der Waals surface area (Å²) in [6, 6.07) is 8.17. The van der Waals surface area contributed by atoms with Crippen LogP contribution in [0.15, 0.2) is 35.2 Å². The summed E-state index contributed by atoms with van der Waals surface area (Å²) in [6.07, 6.45) is 2.51. The third-order valence-corrected chi connectivity index (χ3v) is 3.86. The van der Waals surface area contributed by atoms with E-state index in [1.807, 2.05) is 28.5 Å². The molecule has 0 bridgehead atoms. The lowest BCUT2D eigenvalue weighted by Gasteiger charge is -2.29. The van der Waals surface area contributed by atoms with Gasteiger partial charge < -0.3 is 4.90 Å². The van der Waals surface area contributed by atoms with Gasteiger partial charge in [-0.2, -0.15) is 0 Å². The number of benzene rings is 1. The molecule has 92 valence electrons. The second-order valence-corrected chi connectivity index (χ2v) is 5.15. The van der Waals surface area contributed by atoms with Gasteiger partial charge in [-0.1, -0.05) is 18.2 Å². The van der Waals surface area contributed by atoms with Crippen LogP contribution in [-0.4, -0.2) is 17.4 Å². The number of anilines is 1. The highest BCUT2D eigenvalue weighted by Crippen LogP contribution is 2.27. The maximum atomic E-state index is 12.3. The van der Waals surface area contributed by atoms with Crippen LogP contribution in [0.2, 0.25) is 0 Å². The summed E-state index contributed by atoms with van der Waals surface area (Å²) < 4.78 is 0. The van der Waals surface area contributed by atoms with E-state index in [4.69, 9.17) is 0 Å². The van der Waals surface area contributed by atoms with E-state index in [-0.39, 0.29) is 5.91 Å². The molecule has 1 aromatic heterocycles. The SMILES string of the molecule is O=C(Cc1cscn1)N1CCCc2ccccc21. The van der Waals surface area contributed by atoms with Crippen LogP contribution < -0.4 is 4.90 Å². The van der Waals surface area contributed by atoms with Crippen LogP contribution >= 0.6 is 11.3 Å². The maximum Gasteiger partial charge on any atom is 0.233 e. The number of hydrogen-bond donors (Lipinski definition) is 0. The number of rotatable bonds is 2. The first-order chi connectivity index (χ1) is 8.84. The molecule has 0 spiro atoms. The van der Waals surface area contributed by atoms with Gasteiger partial charge in [0.1, 0.15) is 0 Å². The van der Waals surface area contributed by atoms with Crippen LogP contribution in [0.4, 0.5) is 5.69 Å². The van der Waals surface area contributed by atoms with Gasteiger partial charge in [-0.15, -0.1) is 11.3 Å². The van der Waals surface area contributed by atoms with Gasteiger partial charge in [0.05, 0.1) is 17.6 Å². The molecule has 18 heavy (non-hydrogen) atoms. The molecule has 0 aliphatic carbocycles. The summed E-state index contributed by atoms with van der Waals surface area (Å²) in [4.78, 5) is 18.4. The zero-order chi connectivity index (χ0) is 12.4. The normalized spacial score (nSPS) is 14.3. The Kier molecular flexibility index (Phi) is 3.11. The van der Waals surface area contributed by atoms with Crippen LogP contribution in [-0.2, 0) is 17.6 Å². The molecule has 0 saturated heterocycles. The first-order valence-electron chi connectivity index (χ1n) is 6.10. The predicted octanol–water partition coefficient (Wildman–Crippen LogP) is 2.67. The Morgan fingerprint density at radius 3 is 3.11 bits per heavy atom. The lowest BCUT2D eigenvalue weighted by atomic mass is 10.0. The number of para-hydroxylation sites is 1. The van der Waals surface area contributed by atoms with Crippen LogP contribution in [0.5, 0.6) is 0 Å². The zero-order valence-corrected chi connectivity index (χ0v) is 10.8. The minimum atomic E-state index is 0.146. The molecule has 1 aliphatic rings. The van der Waals surface area contributed by atoms with E-state index in [0.717, 1.165) is 30.8 Å². The minimum Gasteiger partial charge on any atom is -0.312 e. The molecule has 3 nitrogen and oxygen atoms in total. The molecule has 0 N–H and O–H groups in total. The Balaban J connectivity index is 1.83. The summed E-state index contributed by atoms with van der Waals surface area (Å²) in [5, 5.41) is 1.94. The van der Waals surface area contributed by atoms with E-state index in [2.05, 4.69) is 11.1 Å². The van der Waals surface area contributed by atoms with E-state index < -0.39 is 0 Å². The van der Waals surface area contributed by atoms with Crippen molar-refractivity contribution in [2.45, 2.75) is 19.3 Å². The lowest BCUT2D eigenvalue weighted by molar-refractivity contribution is -0.118. The van der Waals surface area contributed by atoms with Gasteiger partial charge in [0.2, 0.25) is 5.91 Å². The number of amides is 1. The molecule has 0 fully saturated rings. The number of fused-ring (bicyclic) bond motifs is 1. The molecule has 0 atom stereocenters. The van der Waals surface area contributed by atoms with Gasteiger partial charge in [-0.3, -0.25) is 4.79 Å². The van der Waals surface area contributed by atoms with Crippen molar-refractivity contribution in [3.05, 3.63) is 46.4 Å². The second kappa shape index (κ2) is 4.90. The number of nitrogens with zero attached hydrogens (tertiary/aromatic N) is 2. The van der Waals surface area contributed by atoms with Crippen molar-refractivity contribution in [1.29, 1.82) is 0 Å². The maximum absolute atomic E-state index is 12.3.